The van der Waals surface area contributed by atoms with Gasteiger partial charge in [0, 0.05) is 17.8 Å². The second kappa shape index (κ2) is 3.15. The first-order chi connectivity index (χ1) is 5.05. The molecule has 1 atom stereocenters. The molecule has 3 heteroatoms. The zero-order valence-corrected chi connectivity index (χ0v) is 7.97. The lowest BCUT2D eigenvalue weighted by Crippen LogP contribution is -2.53. The highest BCUT2D eigenvalue weighted by atomic mass is 32.1. The van der Waals surface area contributed by atoms with Crippen LogP contribution in [0.2, 0.25) is 0 Å². The van der Waals surface area contributed by atoms with E-state index >= 15 is 0 Å². The molecule has 0 aliphatic carbocycles. The van der Waals surface area contributed by atoms with Gasteiger partial charge in [0.2, 0.25) is 0 Å². The van der Waals surface area contributed by atoms with E-state index in [1.165, 1.54) is 6.42 Å². The fourth-order valence-corrected chi connectivity index (χ4v) is 1.54. The summed E-state index contributed by atoms with van der Waals surface area (Å²) in [5, 5.41) is 0. The summed E-state index contributed by atoms with van der Waals surface area (Å²) >= 11 is 4.38. The van der Waals surface area contributed by atoms with E-state index in [4.69, 9.17) is 0 Å². The Bertz CT molecular complexity index is 149. The molecule has 0 bridgehead atoms. The summed E-state index contributed by atoms with van der Waals surface area (Å²) < 4.78 is -0.206. The Hall–Kier alpha value is -0.0200. The smallest absolute Gasteiger partial charge is 0.138 e. The zero-order valence-electron chi connectivity index (χ0n) is 7.08. The van der Waals surface area contributed by atoms with Crippen molar-refractivity contribution in [1.82, 2.24) is 4.90 Å². The number of carbonyl (C=O) groups is 1. The van der Waals surface area contributed by atoms with Crippen LogP contribution in [-0.4, -0.2) is 35.1 Å². The summed E-state index contributed by atoms with van der Waals surface area (Å²) in [6.45, 7) is 6.06. The van der Waals surface area contributed by atoms with E-state index in [9.17, 15) is 4.79 Å². The third-order valence-electron chi connectivity index (χ3n) is 2.14. The molecule has 0 radical (unpaired) electrons. The third kappa shape index (κ3) is 1.97. The van der Waals surface area contributed by atoms with Crippen LogP contribution in [0.5, 0.6) is 0 Å². The number of nitrogens with zero attached hydrogens (tertiary/aromatic N) is 1. The highest BCUT2D eigenvalue weighted by Gasteiger charge is 2.33. The summed E-state index contributed by atoms with van der Waals surface area (Å²) in [4.78, 5) is 12.9. The standard InChI is InChI=1S/C8H15NOS/c1-8(2,11)7(6-10)9-4-3-5-9/h6-7,11H,3-5H2,1-2H3. The Morgan fingerprint density at radius 1 is 1.55 bits per heavy atom. The summed E-state index contributed by atoms with van der Waals surface area (Å²) in [6.07, 6.45) is 2.22. The van der Waals surface area contributed by atoms with Crippen molar-refractivity contribution in [2.24, 2.45) is 0 Å². The molecule has 0 N–H and O–H groups in total. The molecule has 64 valence electrons. The highest BCUT2D eigenvalue weighted by Crippen LogP contribution is 2.24. The first kappa shape index (κ1) is 9.07. The molecule has 0 spiro atoms. The van der Waals surface area contributed by atoms with Crippen molar-refractivity contribution in [3.8, 4) is 0 Å². The molecule has 1 fully saturated rings. The van der Waals surface area contributed by atoms with Gasteiger partial charge >= 0.3 is 0 Å². The lowest BCUT2D eigenvalue weighted by Gasteiger charge is -2.41. The molecule has 1 saturated heterocycles. The lowest BCUT2D eigenvalue weighted by molar-refractivity contribution is -0.114. The van der Waals surface area contributed by atoms with Crippen LogP contribution in [0.4, 0.5) is 0 Å². The van der Waals surface area contributed by atoms with Crippen molar-refractivity contribution < 1.29 is 4.79 Å². The van der Waals surface area contributed by atoms with Crippen molar-refractivity contribution in [1.29, 1.82) is 0 Å². The first-order valence-corrected chi connectivity index (χ1v) is 4.42. The molecule has 1 aliphatic heterocycles. The third-order valence-corrected chi connectivity index (χ3v) is 2.40. The highest BCUT2D eigenvalue weighted by molar-refractivity contribution is 7.81. The fourth-order valence-electron chi connectivity index (χ4n) is 1.32. The molecule has 1 unspecified atom stereocenters. The molecule has 1 rings (SSSR count). The van der Waals surface area contributed by atoms with Crippen molar-refractivity contribution in [2.45, 2.75) is 31.1 Å². The second-order valence-electron chi connectivity index (χ2n) is 3.62. The van der Waals surface area contributed by atoms with Gasteiger partial charge in [0.1, 0.15) is 6.29 Å². The topological polar surface area (TPSA) is 20.3 Å². The van der Waals surface area contributed by atoms with E-state index in [1.807, 2.05) is 13.8 Å². The van der Waals surface area contributed by atoms with E-state index in [2.05, 4.69) is 17.5 Å². The first-order valence-electron chi connectivity index (χ1n) is 3.97. The molecule has 1 aliphatic rings. The van der Waals surface area contributed by atoms with Crippen LogP contribution in [0.25, 0.3) is 0 Å². The number of carbonyl (C=O) groups excluding carboxylic acids is 1. The Morgan fingerprint density at radius 2 is 2.09 bits per heavy atom. The zero-order chi connectivity index (χ0) is 8.48. The van der Waals surface area contributed by atoms with Gasteiger partial charge in [0.05, 0.1) is 6.04 Å². The van der Waals surface area contributed by atoms with E-state index in [0.29, 0.717) is 0 Å². The maximum absolute atomic E-state index is 10.7. The van der Waals surface area contributed by atoms with Crippen LogP contribution in [0, 0.1) is 0 Å². The number of hydrogen-bond donors (Lipinski definition) is 1. The van der Waals surface area contributed by atoms with Gasteiger partial charge in [-0.25, -0.2) is 0 Å². The van der Waals surface area contributed by atoms with Gasteiger partial charge in [0.15, 0.2) is 0 Å². The molecule has 0 aromatic heterocycles. The molecule has 0 aromatic carbocycles. The molecule has 1 heterocycles. The van der Waals surface area contributed by atoms with Crippen molar-refractivity contribution in [2.75, 3.05) is 13.1 Å². The normalized spacial score (nSPS) is 22.5. The van der Waals surface area contributed by atoms with Crippen LogP contribution < -0.4 is 0 Å². The monoisotopic (exact) mass is 173 g/mol. The fraction of sp³-hybridized carbons (Fsp3) is 0.875. The van der Waals surface area contributed by atoms with E-state index < -0.39 is 0 Å². The predicted octanol–water partition coefficient (Wildman–Crippen LogP) is 0.968. The number of rotatable bonds is 3. The van der Waals surface area contributed by atoms with Crippen molar-refractivity contribution in [3.63, 3.8) is 0 Å². The van der Waals surface area contributed by atoms with Crippen LogP contribution in [0.3, 0.4) is 0 Å². The van der Waals surface area contributed by atoms with Gasteiger partial charge in [-0.05, 0) is 20.3 Å². The minimum atomic E-state index is -0.206. The van der Waals surface area contributed by atoms with Crippen LogP contribution in [-0.2, 0) is 4.79 Å². The maximum Gasteiger partial charge on any atom is 0.138 e. The van der Waals surface area contributed by atoms with Crippen molar-refractivity contribution >= 4 is 18.9 Å². The Balaban J connectivity index is 2.54. The number of aldehydes is 1. The second-order valence-corrected chi connectivity index (χ2v) is 4.78. The Labute approximate surface area is 73.4 Å². The predicted molar refractivity (Wildman–Crippen MR) is 49.1 cm³/mol. The Morgan fingerprint density at radius 3 is 2.18 bits per heavy atom. The minimum absolute atomic E-state index is 0.0143. The SMILES string of the molecule is CC(C)(S)C(C=O)N1CCC1. The largest absolute Gasteiger partial charge is 0.302 e. The van der Waals surface area contributed by atoms with E-state index in [-0.39, 0.29) is 10.8 Å². The average molecular weight is 173 g/mol. The number of likely N-dealkylation sites (tertiary alicyclic amines) is 1. The lowest BCUT2D eigenvalue weighted by atomic mass is 9.99. The quantitative estimate of drug-likeness (QED) is 0.507. The van der Waals surface area contributed by atoms with Gasteiger partial charge < -0.3 is 4.79 Å². The summed E-state index contributed by atoms with van der Waals surface area (Å²) in [6, 6.07) is -0.0143. The van der Waals surface area contributed by atoms with Gasteiger partial charge in [0.25, 0.3) is 0 Å². The average Bonchev–Trinajstić information content (AvgIpc) is 1.74. The molecule has 11 heavy (non-hydrogen) atoms. The summed E-state index contributed by atoms with van der Waals surface area (Å²) in [5.41, 5.74) is 0. The van der Waals surface area contributed by atoms with Crippen LogP contribution in [0.15, 0.2) is 0 Å². The van der Waals surface area contributed by atoms with Crippen LogP contribution >= 0.6 is 12.6 Å². The molecular weight excluding hydrogens is 158 g/mol. The molecular formula is C8H15NOS. The number of hydrogen-bond acceptors (Lipinski definition) is 3. The van der Waals surface area contributed by atoms with Crippen molar-refractivity contribution in [3.05, 3.63) is 0 Å². The number of thiol groups is 1. The van der Waals surface area contributed by atoms with Gasteiger partial charge in [-0.15, -0.1) is 0 Å². The van der Waals surface area contributed by atoms with Gasteiger partial charge in [-0.3, -0.25) is 4.90 Å². The summed E-state index contributed by atoms with van der Waals surface area (Å²) in [7, 11) is 0. The van der Waals surface area contributed by atoms with Gasteiger partial charge in [-0.1, -0.05) is 0 Å². The molecule has 0 amide bonds. The van der Waals surface area contributed by atoms with Gasteiger partial charge in [-0.2, -0.15) is 12.6 Å². The van der Waals surface area contributed by atoms with E-state index in [0.717, 1.165) is 19.4 Å². The summed E-state index contributed by atoms with van der Waals surface area (Å²) in [5.74, 6) is 0. The maximum atomic E-state index is 10.7. The van der Waals surface area contributed by atoms with E-state index in [1.54, 1.807) is 0 Å². The molecule has 0 aromatic rings. The molecule has 0 saturated carbocycles. The minimum Gasteiger partial charge on any atom is -0.302 e. The van der Waals surface area contributed by atoms with Crippen LogP contribution in [0.1, 0.15) is 20.3 Å². The Kier molecular flexibility index (Phi) is 2.60. The molecule has 2 nitrogen and oxygen atoms in total.